The zero-order valence-electron chi connectivity index (χ0n) is 33.1. The van der Waals surface area contributed by atoms with Crippen molar-refractivity contribution in [3.8, 4) is 44.5 Å². The zero-order chi connectivity index (χ0) is 40.3. The Hall–Kier alpha value is -8.14. The lowest BCUT2D eigenvalue weighted by Crippen LogP contribution is -2.11. The molecule has 3 nitrogen and oxygen atoms in total. The smallest absolute Gasteiger partial charge is 0.143 e. The summed E-state index contributed by atoms with van der Waals surface area (Å²) in [4.78, 5) is 2.35. The van der Waals surface area contributed by atoms with Crippen LogP contribution in [0, 0.1) is 0 Å². The predicted molar refractivity (Wildman–Crippen MR) is 255 cm³/mol. The van der Waals surface area contributed by atoms with Crippen molar-refractivity contribution in [3.05, 3.63) is 224 Å². The highest BCUT2D eigenvalue weighted by atomic mass is 16.3. The van der Waals surface area contributed by atoms with E-state index >= 15 is 0 Å². The van der Waals surface area contributed by atoms with Crippen LogP contribution < -0.4 is 4.90 Å². The van der Waals surface area contributed by atoms with Crippen LogP contribution in [-0.4, -0.2) is 0 Å². The molecular weight excluding hydrogens is 743 g/mol. The summed E-state index contributed by atoms with van der Waals surface area (Å²) in [7, 11) is 0. The first-order chi connectivity index (χ1) is 30.2. The molecule has 0 atom stereocenters. The summed E-state index contributed by atoms with van der Waals surface area (Å²) in [6, 6.07) is 80.0. The van der Waals surface area contributed by atoms with Crippen LogP contribution in [0.25, 0.3) is 99.2 Å². The largest absolute Gasteiger partial charge is 0.456 e. The van der Waals surface area contributed by atoms with Gasteiger partial charge in [0.25, 0.3) is 0 Å². The van der Waals surface area contributed by atoms with Crippen LogP contribution >= 0.6 is 0 Å². The van der Waals surface area contributed by atoms with Gasteiger partial charge >= 0.3 is 0 Å². The second-order valence-electron chi connectivity index (χ2n) is 15.6. The Morgan fingerprint density at radius 2 is 0.902 bits per heavy atom. The van der Waals surface area contributed by atoms with Crippen molar-refractivity contribution in [2.24, 2.45) is 0 Å². The van der Waals surface area contributed by atoms with E-state index < -0.39 is 0 Å². The molecule has 0 aliphatic heterocycles. The summed E-state index contributed by atoms with van der Waals surface area (Å²) in [6.45, 7) is 0. The minimum Gasteiger partial charge on any atom is -0.456 e. The standard InChI is InChI=1S/C58H37NO2/c1-3-13-39(14-4-1)46-31-26-42(35-52(46)40-15-5-2-6-16-40)38-23-28-44(29-24-38)59(45-30-33-50-49-20-10-12-22-55(49)60-57(50)37-45)54-21-11-9-18-47(54)43-27-34-56-53(36-43)51-32-25-41-17-7-8-19-48(41)58(51)61-56/h1-37H. The maximum atomic E-state index is 6.53. The fourth-order valence-electron chi connectivity index (χ4n) is 9.12. The lowest BCUT2D eigenvalue weighted by atomic mass is 9.91. The Labute approximate surface area is 353 Å². The van der Waals surface area contributed by atoms with Crippen LogP contribution in [0.15, 0.2) is 233 Å². The molecule has 61 heavy (non-hydrogen) atoms. The molecule has 0 amide bonds. The molecule has 0 saturated heterocycles. The molecule has 0 unspecified atom stereocenters. The average Bonchev–Trinajstić information content (AvgIpc) is 3.90. The fourth-order valence-corrected chi connectivity index (χ4v) is 9.12. The summed E-state index contributed by atoms with van der Waals surface area (Å²) in [6.07, 6.45) is 0. The van der Waals surface area contributed by atoms with Gasteiger partial charge in [0.05, 0.1) is 5.69 Å². The number of furan rings is 2. The maximum absolute atomic E-state index is 6.53. The second-order valence-corrected chi connectivity index (χ2v) is 15.6. The van der Waals surface area contributed by atoms with Gasteiger partial charge in [0.15, 0.2) is 0 Å². The van der Waals surface area contributed by atoms with Gasteiger partial charge in [-0.1, -0.05) is 158 Å². The molecule has 0 spiro atoms. The molecular formula is C58H37NO2. The van der Waals surface area contributed by atoms with Gasteiger partial charge in [-0.15, -0.1) is 0 Å². The highest BCUT2D eigenvalue weighted by Gasteiger charge is 2.21. The van der Waals surface area contributed by atoms with Crippen LogP contribution in [0.5, 0.6) is 0 Å². The van der Waals surface area contributed by atoms with Crippen molar-refractivity contribution < 1.29 is 8.83 Å². The summed E-state index contributed by atoms with van der Waals surface area (Å²) in [5.41, 5.74) is 16.0. The first kappa shape index (κ1) is 34.9. The molecule has 10 aromatic carbocycles. The lowest BCUT2D eigenvalue weighted by molar-refractivity contribution is 0.669. The molecule has 3 heteroatoms. The van der Waals surface area contributed by atoms with E-state index in [1.165, 1.54) is 27.6 Å². The lowest BCUT2D eigenvalue weighted by Gasteiger charge is -2.28. The third kappa shape index (κ3) is 5.98. The topological polar surface area (TPSA) is 29.5 Å². The predicted octanol–water partition coefficient (Wildman–Crippen LogP) is 16.8. The zero-order valence-corrected chi connectivity index (χ0v) is 33.1. The number of fused-ring (bicyclic) bond motifs is 8. The second kappa shape index (κ2) is 14.3. The van der Waals surface area contributed by atoms with Gasteiger partial charge in [-0.3, -0.25) is 0 Å². The van der Waals surface area contributed by atoms with Gasteiger partial charge in [0.1, 0.15) is 22.3 Å². The van der Waals surface area contributed by atoms with Crippen molar-refractivity contribution in [1.29, 1.82) is 0 Å². The SMILES string of the molecule is c1ccc(-c2ccc(-c3ccc(N(c4ccc5c(c4)oc4ccccc45)c4ccccc4-c4ccc5oc6c7ccccc7ccc6c5c4)cc3)cc2-c2ccccc2)cc1. The normalized spacial score (nSPS) is 11.6. The van der Waals surface area contributed by atoms with E-state index in [1.54, 1.807) is 0 Å². The van der Waals surface area contributed by atoms with Crippen LogP contribution in [0.2, 0.25) is 0 Å². The molecule has 0 saturated carbocycles. The first-order valence-electron chi connectivity index (χ1n) is 20.7. The van der Waals surface area contributed by atoms with Gasteiger partial charge in [-0.2, -0.15) is 0 Å². The maximum Gasteiger partial charge on any atom is 0.143 e. The highest BCUT2D eigenvalue weighted by molar-refractivity contribution is 6.16. The highest BCUT2D eigenvalue weighted by Crippen LogP contribution is 2.45. The van der Waals surface area contributed by atoms with E-state index in [0.717, 1.165) is 88.6 Å². The van der Waals surface area contributed by atoms with E-state index in [9.17, 15) is 0 Å². The minimum atomic E-state index is 0.850. The third-order valence-corrected chi connectivity index (χ3v) is 12.1. The Bertz CT molecular complexity index is 3580. The number of anilines is 3. The Balaban J connectivity index is 1.00. The van der Waals surface area contributed by atoms with Gasteiger partial charge in [0, 0.05) is 49.9 Å². The number of nitrogens with zero attached hydrogens (tertiary/aromatic N) is 1. The van der Waals surface area contributed by atoms with Crippen LogP contribution in [-0.2, 0) is 0 Å². The molecule has 0 fully saturated rings. The molecule has 0 aliphatic rings. The van der Waals surface area contributed by atoms with Gasteiger partial charge < -0.3 is 13.7 Å². The summed E-state index contributed by atoms with van der Waals surface area (Å²) in [5, 5.41) is 6.72. The Kier molecular flexibility index (Phi) is 8.17. The van der Waals surface area contributed by atoms with Crippen molar-refractivity contribution in [3.63, 3.8) is 0 Å². The molecule has 286 valence electrons. The molecule has 12 aromatic rings. The summed E-state index contributed by atoms with van der Waals surface area (Å²) >= 11 is 0. The van der Waals surface area contributed by atoms with E-state index in [-0.39, 0.29) is 0 Å². The van der Waals surface area contributed by atoms with E-state index in [0.29, 0.717) is 0 Å². The number of benzene rings is 10. The van der Waals surface area contributed by atoms with Crippen molar-refractivity contribution >= 4 is 71.7 Å². The first-order valence-corrected chi connectivity index (χ1v) is 20.7. The van der Waals surface area contributed by atoms with Crippen molar-refractivity contribution in [1.82, 2.24) is 0 Å². The number of rotatable bonds is 7. The van der Waals surface area contributed by atoms with Gasteiger partial charge in [-0.25, -0.2) is 0 Å². The van der Waals surface area contributed by atoms with Gasteiger partial charge in [0.2, 0.25) is 0 Å². The number of hydrogen-bond acceptors (Lipinski definition) is 3. The monoisotopic (exact) mass is 779 g/mol. The van der Waals surface area contributed by atoms with Crippen LogP contribution in [0.3, 0.4) is 0 Å². The number of hydrogen-bond donors (Lipinski definition) is 0. The minimum absolute atomic E-state index is 0.850. The molecule has 12 rings (SSSR count). The van der Waals surface area contributed by atoms with Crippen molar-refractivity contribution in [2.45, 2.75) is 0 Å². The summed E-state index contributed by atoms with van der Waals surface area (Å²) in [5.74, 6) is 0. The Morgan fingerprint density at radius 1 is 0.279 bits per heavy atom. The quantitative estimate of drug-likeness (QED) is 0.161. The average molecular weight is 780 g/mol. The third-order valence-electron chi connectivity index (χ3n) is 12.1. The van der Waals surface area contributed by atoms with Crippen LogP contribution in [0.1, 0.15) is 0 Å². The van der Waals surface area contributed by atoms with Crippen molar-refractivity contribution in [2.75, 3.05) is 4.90 Å². The van der Waals surface area contributed by atoms with E-state index in [4.69, 9.17) is 8.83 Å². The number of para-hydroxylation sites is 2. The molecule has 0 N–H and O–H groups in total. The molecule has 0 aliphatic carbocycles. The molecule has 0 bridgehead atoms. The van der Waals surface area contributed by atoms with Crippen LogP contribution in [0.4, 0.5) is 17.1 Å². The molecule has 2 heterocycles. The Morgan fingerprint density at radius 3 is 1.74 bits per heavy atom. The fraction of sp³-hybridized carbons (Fsp3) is 0. The van der Waals surface area contributed by atoms with Gasteiger partial charge in [-0.05, 0) is 105 Å². The molecule has 0 radical (unpaired) electrons. The molecule has 2 aromatic heterocycles. The van der Waals surface area contributed by atoms with E-state index in [1.807, 2.05) is 12.1 Å². The van der Waals surface area contributed by atoms with E-state index in [2.05, 4.69) is 217 Å². The summed E-state index contributed by atoms with van der Waals surface area (Å²) < 4.78 is 13.0.